The maximum absolute atomic E-state index is 5.90. The van der Waals surface area contributed by atoms with E-state index in [2.05, 4.69) is 62.5 Å². The van der Waals surface area contributed by atoms with Crippen LogP contribution in [0.2, 0.25) is 0 Å². The van der Waals surface area contributed by atoms with Gasteiger partial charge in [-0.25, -0.2) is 4.98 Å². The Kier molecular flexibility index (Phi) is 3.75. The van der Waals surface area contributed by atoms with Gasteiger partial charge in [-0.05, 0) is 52.9 Å². The number of aryl methyl sites for hydroxylation is 1. The maximum atomic E-state index is 5.90. The van der Waals surface area contributed by atoms with Gasteiger partial charge in [0.1, 0.15) is 5.82 Å². The second-order valence-electron chi connectivity index (χ2n) is 4.27. The largest absolute Gasteiger partial charge is 0.296 e. The van der Waals surface area contributed by atoms with Crippen molar-refractivity contribution in [2.45, 2.75) is 6.42 Å². The minimum absolute atomic E-state index is 0.577. The van der Waals surface area contributed by atoms with Crippen molar-refractivity contribution in [3.63, 3.8) is 0 Å². The van der Waals surface area contributed by atoms with Crippen LogP contribution in [0.4, 0.5) is 0 Å². The molecule has 3 aromatic rings. The Bertz CT molecular complexity index is 721. The van der Waals surface area contributed by atoms with E-state index in [9.17, 15) is 0 Å². The molecule has 0 aliphatic rings. The van der Waals surface area contributed by atoms with Crippen LogP contribution in [0.3, 0.4) is 0 Å². The molecule has 19 heavy (non-hydrogen) atoms. The molecular formula is C15H12ClIN2. The van der Waals surface area contributed by atoms with Crippen LogP contribution < -0.4 is 0 Å². The Morgan fingerprint density at radius 2 is 1.95 bits per heavy atom. The van der Waals surface area contributed by atoms with Gasteiger partial charge in [-0.3, -0.25) is 4.57 Å². The van der Waals surface area contributed by atoms with Crippen molar-refractivity contribution in [2.75, 3.05) is 5.88 Å². The molecule has 0 fully saturated rings. The highest BCUT2D eigenvalue weighted by molar-refractivity contribution is 14.1. The normalized spacial score (nSPS) is 11.1. The lowest BCUT2D eigenvalue weighted by Gasteiger charge is -2.09. The molecule has 1 aromatic heterocycles. The minimum Gasteiger partial charge on any atom is -0.296 e. The van der Waals surface area contributed by atoms with Crippen LogP contribution in [0.1, 0.15) is 5.82 Å². The van der Waals surface area contributed by atoms with E-state index in [0.717, 1.165) is 29.0 Å². The van der Waals surface area contributed by atoms with E-state index in [1.54, 1.807) is 0 Å². The predicted octanol–water partition coefficient (Wildman–Crippen LogP) is 4.41. The standard InChI is InChI=1S/C15H12ClIN2/c16-9-8-15-18-13-6-1-2-7-14(13)19(15)12-5-3-4-11(17)10-12/h1-7,10H,8-9H2. The first-order valence-corrected chi connectivity index (χ1v) is 7.69. The number of hydrogen-bond donors (Lipinski definition) is 0. The van der Waals surface area contributed by atoms with E-state index >= 15 is 0 Å². The summed E-state index contributed by atoms with van der Waals surface area (Å²) >= 11 is 8.23. The van der Waals surface area contributed by atoms with E-state index in [4.69, 9.17) is 11.6 Å². The fourth-order valence-electron chi connectivity index (χ4n) is 2.23. The van der Waals surface area contributed by atoms with Gasteiger partial charge < -0.3 is 0 Å². The predicted molar refractivity (Wildman–Crippen MR) is 88.2 cm³/mol. The summed E-state index contributed by atoms with van der Waals surface area (Å²) < 4.78 is 3.41. The molecule has 3 rings (SSSR count). The molecule has 4 heteroatoms. The fourth-order valence-corrected chi connectivity index (χ4v) is 2.93. The van der Waals surface area contributed by atoms with E-state index in [1.807, 2.05) is 18.2 Å². The lowest BCUT2D eigenvalue weighted by molar-refractivity contribution is 0.912. The number of aromatic nitrogens is 2. The molecule has 0 amide bonds. The highest BCUT2D eigenvalue weighted by Crippen LogP contribution is 2.23. The van der Waals surface area contributed by atoms with Crippen LogP contribution in [-0.2, 0) is 6.42 Å². The van der Waals surface area contributed by atoms with Crippen LogP contribution in [-0.4, -0.2) is 15.4 Å². The molecule has 0 saturated carbocycles. The van der Waals surface area contributed by atoms with Gasteiger partial charge in [0, 0.05) is 21.6 Å². The van der Waals surface area contributed by atoms with Crippen molar-refractivity contribution in [3.8, 4) is 5.69 Å². The highest BCUT2D eigenvalue weighted by Gasteiger charge is 2.11. The zero-order valence-electron chi connectivity index (χ0n) is 10.2. The summed E-state index contributed by atoms with van der Waals surface area (Å²) in [5.41, 5.74) is 3.28. The molecule has 1 heterocycles. The summed E-state index contributed by atoms with van der Waals surface area (Å²) in [7, 11) is 0. The average molecular weight is 383 g/mol. The Morgan fingerprint density at radius 3 is 2.74 bits per heavy atom. The van der Waals surface area contributed by atoms with Crippen molar-refractivity contribution >= 4 is 45.2 Å². The lowest BCUT2D eigenvalue weighted by Crippen LogP contribution is -2.02. The third-order valence-corrected chi connectivity index (χ3v) is 3.87. The molecule has 2 nitrogen and oxygen atoms in total. The number of fused-ring (bicyclic) bond motifs is 1. The molecular weight excluding hydrogens is 371 g/mol. The molecule has 0 bridgehead atoms. The summed E-state index contributed by atoms with van der Waals surface area (Å²) in [4.78, 5) is 4.68. The smallest absolute Gasteiger partial charge is 0.115 e. The molecule has 0 radical (unpaired) electrons. The van der Waals surface area contributed by atoms with Crippen molar-refractivity contribution in [1.29, 1.82) is 0 Å². The summed E-state index contributed by atoms with van der Waals surface area (Å²) in [6, 6.07) is 16.6. The molecule has 0 saturated heterocycles. The third-order valence-electron chi connectivity index (χ3n) is 3.01. The van der Waals surface area contributed by atoms with E-state index in [0.29, 0.717) is 5.88 Å². The molecule has 0 spiro atoms. The van der Waals surface area contributed by atoms with Crippen LogP contribution in [0.5, 0.6) is 0 Å². The van der Waals surface area contributed by atoms with Crippen LogP contribution in [0.15, 0.2) is 48.5 Å². The highest BCUT2D eigenvalue weighted by atomic mass is 127. The molecule has 0 aliphatic carbocycles. The average Bonchev–Trinajstić information content (AvgIpc) is 2.77. The number of imidazole rings is 1. The Hall–Kier alpha value is -1.07. The number of hydrogen-bond acceptors (Lipinski definition) is 1. The number of nitrogens with zero attached hydrogens (tertiary/aromatic N) is 2. The topological polar surface area (TPSA) is 17.8 Å². The molecule has 0 unspecified atom stereocenters. The molecule has 2 aromatic carbocycles. The molecule has 0 aliphatic heterocycles. The molecule has 0 atom stereocenters. The van der Waals surface area contributed by atoms with E-state index in [1.165, 1.54) is 3.57 Å². The number of benzene rings is 2. The quantitative estimate of drug-likeness (QED) is 0.484. The van der Waals surface area contributed by atoms with Gasteiger partial charge in [0.25, 0.3) is 0 Å². The number of rotatable bonds is 3. The van der Waals surface area contributed by atoms with Crippen LogP contribution >= 0.6 is 34.2 Å². The van der Waals surface area contributed by atoms with Crippen molar-refractivity contribution in [1.82, 2.24) is 9.55 Å². The van der Waals surface area contributed by atoms with Crippen molar-refractivity contribution < 1.29 is 0 Å². The van der Waals surface area contributed by atoms with Gasteiger partial charge in [0.05, 0.1) is 11.0 Å². The van der Waals surface area contributed by atoms with E-state index in [-0.39, 0.29) is 0 Å². The van der Waals surface area contributed by atoms with Gasteiger partial charge in [0.15, 0.2) is 0 Å². The van der Waals surface area contributed by atoms with E-state index < -0.39 is 0 Å². The zero-order valence-corrected chi connectivity index (χ0v) is 13.1. The van der Waals surface area contributed by atoms with Crippen molar-refractivity contribution in [2.24, 2.45) is 0 Å². The minimum atomic E-state index is 0.577. The Labute approximate surface area is 130 Å². The molecule has 96 valence electrons. The first-order valence-electron chi connectivity index (χ1n) is 6.08. The van der Waals surface area contributed by atoms with Gasteiger partial charge in [-0.1, -0.05) is 18.2 Å². The van der Waals surface area contributed by atoms with Crippen molar-refractivity contribution in [3.05, 3.63) is 57.9 Å². The second-order valence-corrected chi connectivity index (χ2v) is 5.89. The summed E-state index contributed by atoms with van der Waals surface area (Å²) in [6.45, 7) is 0. The Morgan fingerprint density at radius 1 is 1.11 bits per heavy atom. The maximum Gasteiger partial charge on any atom is 0.115 e. The summed E-state index contributed by atoms with van der Waals surface area (Å²) in [5, 5.41) is 0. The van der Waals surface area contributed by atoms with Gasteiger partial charge in [-0.2, -0.15) is 0 Å². The number of alkyl halides is 1. The number of halogens is 2. The fraction of sp³-hybridized carbons (Fsp3) is 0.133. The summed E-state index contributed by atoms with van der Waals surface area (Å²) in [5.74, 6) is 1.59. The summed E-state index contributed by atoms with van der Waals surface area (Å²) in [6.07, 6.45) is 0.766. The Balaban J connectivity index is 2.28. The first kappa shape index (κ1) is 12.9. The third kappa shape index (κ3) is 2.49. The SMILES string of the molecule is ClCCc1nc2ccccc2n1-c1cccc(I)c1. The molecule has 0 N–H and O–H groups in total. The van der Waals surface area contributed by atoms with Gasteiger partial charge >= 0.3 is 0 Å². The second kappa shape index (κ2) is 5.51. The van der Waals surface area contributed by atoms with Crippen LogP contribution in [0.25, 0.3) is 16.7 Å². The monoisotopic (exact) mass is 382 g/mol. The number of para-hydroxylation sites is 2. The van der Waals surface area contributed by atoms with Gasteiger partial charge in [0.2, 0.25) is 0 Å². The first-order chi connectivity index (χ1) is 9.29. The van der Waals surface area contributed by atoms with Gasteiger partial charge in [-0.15, -0.1) is 11.6 Å². The lowest BCUT2D eigenvalue weighted by atomic mass is 10.2. The zero-order chi connectivity index (χ0) is 13.2. The van der Waals surface area contributed by atoms with Crippen LogP contribution in [0, 0.1) is 3.57 Å².